The van der Waals surface area contributed by atoms with Crippen LogP contribution in [0.5, 0.6) is 0 Å². The monoisotopic (exact) mass is 301 g/mol. The van der Waals surface area contributed by atoms with Crippen LogP contribution in [-0.4, -0.2) is 13.4 Å². The molecular formula is C11H12FN3O2S2. The first-order valence-electron chi connectivity index (χ1n) is 5.36. The van der Waals surface area contributed by atoms with Crippen LogP contribution in [0.1, 0.15) is 11.3 Å². The van der Waals surface area contributed by atoms with Crippen LogP contribution < -0.4 is 10.5 Å². The van der Waals surface area contributed by atoms with Crippen molar-refractivity contribution in [3.05, 3.63) is 40.7 Å². The van der Waals surface area contributed by atoms with Gasteiger partial charge in [-0.2, -0.15) is 0 Å². The van der Waals surface area contributed by atoms with Crippen molar-refractivity contribution in [2.45, 2.75) is 18.4 Å². The summed E-state index contributed by atoms with van der Waals surface area (Å²) in [6.07, 6.45) is 0. The molecule has 2 rings (SSSR count). The minimum atomic E-state index is -4.00. The molecule has 2 aromatic rings. The number of benzene rings is 1. The number of aromatic nitrogens is 1. The molecular weight excluding hydrogens is 289 g/mol. The van der Waals surface area contributed by atoms with Crippen LogP contribution in [-0.2, 0) is 16.6 Å². The summed E-state index contributed by atoms with van der Waals surface area (Å²) in [5, 5.41) is 1.90. The third-order valence-corrected chi connectivity index (χ3v) is 4.72. The second-order valence-corrected chi connectivity index (χ2v) is 6.38. The number of halogens is 1. The first-order chi connectivity index (χ1) is 8.92. The maximum absolute atomic E-state index is 13.6. The lowest BCUT2D eigenvalue weighted by Crippen LogP contribution is -2.15. The SMILES string of the molecule is Cc1csc(NS(=O)(=O)c2cc(CN)ccc2F)n1. The summed E-state index contributed by atoms with van der Waals surface area (Å²) in [5.74, 6) is -0.821. The van der Waals surface area contributed by atoms with Gasteiger partial charge < -0.3 is 5.73 Å². The largest absolute Gasteiger partial charge is 0.326 e. The van der Waals surface area contributed by atoms with Gasteiger partial charge in [0, 0.05) is 11.9 Å². The molecule has 19 heavy (non-hydrogen) atoms. The van der Waals surface area contributed by atoms with Gasteiger partial charge in [0.2, 0.25) is 0 Å². The van der Waals surface area contributed by atoms with E-state index in [-0.39, 0.29) is 11.7 Å². The van der Waals surface area contributed by atoms with Crippen LogP contribution in [0.2, 0.25) is 0 Å². The molecule has 0 fully saturated rings. The Morgan fingerprint density at radius 2 is 2.21 bits per heavy atom. The molecule has 1 heterocycles. The minimum absolute atomic E-state index is 0.138. The first kappa shape index (κ1) is 13.9. The van der Waals surface area contributed by atoms with E-state index in [9.17, 15) is 12.8 Å². The molecule has 0 atom stereocenters. The molecule has 0 aliphatic carbocycles. The van der Waals surface area contributed by atoms with Crippen molar-refractivity contribution in [2.75, 3.05) is 4.72 Å². The third-order valence-electron chi connectivity index (χ3n) is 2.36. The Morgan fingerprint density at radius 1 is 1.47 bits per heavy atom. The van der Waals surface area contributed by atoms with E-state index in [1.165, 1.54) is 12.1 Å². The topological polar surface area (TPSA) is 85.1 Å². The molecule has 0 unspecified atom stereocenters. The fraction of sp³-hybridized carbons (Fsp3) is 0.182. The number of sulfonamides is 1. The molecule has 0 amide bonds. The predicted molar refractivity (Wildman–Crippen MR) is 72.0 cm³/mol. The van der Waals surface area contributed by atoms with Gasteiger partial charge in [-0.3, -0.25) is 4.72 Å². The molecule has 0 aliphatic heterocycles. The van der Waals surface area contributed by atoms with Crippen molar-refractivity contribution < 1.29 is 12.8 Å². The van der Waals surface area contributed by atoms with Crippen LogP contribution in [0.15, 0.2) is 28.5 Å². The summed E-state index contributed by atoms with van der Waals surface area (Å²) in [6.45, 7) is 1.88. The van der Waals surface area contributed by atoms with Crippen molar-refractivity contribution in [1.82, 2.24) is 4.98 Å². The normalized spacial score (nSPS) is 11.5. The molecule has 102 valence electrons. The van der Waals surface area contributed by atoms with Crippen molar-refractivity contribution in [1.29, 1.82) is 0 Å². The van der Waals surface area contributed by atoms with Crippen molar-refractivity contribution in [2.24, 2.45) is 5.73 Å². The minimum Gasteiger partial charge on any atom is -0.326 e. The first-order valence-corrected chi connectivity index (χ1v) is 7.72. The highest BCUT2D eigenvalue weighted by Crippen LogP contribution is 2.22. The van der Waals surface area contributed by atoms with Crippen LogP contribution in [0, 0.1) is 12.7 Å². The molecule has 1 aromatic carbocycles. The summed E-state index contributed by atoms with van der Waals surface area (Å²) in [4.78, 5) is 3.55. The molecule has 0 radical (unpaired) electrons. The summed E-state index contributed by atoms with van der Waals surface area (Å²) < 4.78 is 40.0. The van der Waals surface area contributed by atoms with Crippen LogP contribution in [0.3, 0.4) is 0 Å². The zero-order chi connectivity index (χ0) is 14.0. The van der Waals surface area contributed by atoms with Gasteiger partial charge in [-0.1, -0.05) is 6.07 Å². The molecule has 0 bridgehead atoms. The zero-order valence-electron chi connectivity index (χ0n) is 10.1. The number of thiazole rings is 1. The number of nitrogens with one attached hydrogen (secondary N) is 1. The van der Waals surface area contributed by atoms with Gasteiger partial charge in [0.05, 0.1) is 5.69 Å². The molecule has 1 aromatic heterocycles. The second kappa shape index (κ2) is 5.24. The van der Waals surface area contributed by atoms with Crippen molar-refractivity contribution in [3.63, 3.8) is 0 Å². The van der Waals surface area contributed by atoms with E-state index in [4.69, 9.17) is 5.73 Å². The maximum Gasteiger partial charge on any atom is 0.266 e. The smallest absolute Gasteiger partial charge is 0.266 e. The number of rotatable bonds is 4. The summed E-state index contributed by atoms with van der Waals surface area (Å²) >= 11 is 1.14. The summed E-state index contributed by atoms with van der Waals surface area (Å²) in [5.41, 5.74) is 6.65. The van der Waals surface area contributed by atoms with Crippen LogP contribution >= 0.6 is 11.3 Å². The predicted octanol–water partition coefficient (Wildman–Crippen LogP) is 1.85. The molecule has 0 aliphatic rings. The molecule has 0 saturated carbocycles. The van der Waals surface area contributed by atoms with E-state index in [0.717, 1.165) is 17.4 Å². The highest BCUT2D eigenvalue weighted by atomic mass is 32.2. The number of nitrogens with zero attached hydrogens (tertiary/aromatic N) is 1. The van der Waals surface area contributed by atoms with Gasteiger partial charge in [-0.25, -0.2) is 17.8 Å². The van der Waals surface area contributed by atoms with E-state index in [2.05, 4.69) is 9.71 Å². The van der Waals surface area contributed by atoms with Gasteiger partial charge in [-0.15, -0.1) is 11.3 Å². The second-order valence-electron chi connectivity index (χ2n) is 3.87. The van der Waals surface area contributed by atoms with E-state index < -0.39 is 20.7 Å². The van der Waals surface area contributed by atoms with Gasteiger partial charge in [0.1, 0.15) is 10.7 Å². The number of hydrogen-bond donors (Lipinski definition) is 2. The number of aryl methyl sites for hydroxylation is 1. The van der Waals surface area contributed by atoms with Crippen LogP contribution in [0.25, 0.3) is 0 Å². The molecule has 8 heteroatoms. The highest BCUT2D eigenvalue weighted by Gasteiger charge is 2.20. The van der Waals surface area contributed by atoms with Gasteiger partial charge >= 0.3 is 0 Å². The van der Waals surface area contributed by atoms with Crippen molar-refractivity contribution >= 4 is 26.5 Å². The Hall–Kier alpha value is -1.51. The Bertz CT molecular complexity index is 698. The summed E-state index contributed by atoms with van der Waals surface area (Å²) in [7, 11) is -4.00. The summed E-state index contributed by atoms with van der Waals surface area (Å²) in [6, 6.07) is 3.75. The average molecular weight is 301 g/mol. The van der Waals surface area contributed by atoms with E-state index in [0.29, 0.717) is 11.3 Å². The number of hydrogen-bond acceptors (Lipinski definition) is 5. The fourth-order valence-electron chi connectivity index (χ4n) is 1.45. The highest BCUT2D eigenvalue weighted by molar-refractivity contribution is 7.93. The number of nitrogens with two attached hydrogens (primary N) is 1. The van der Waals surface area contributed by atoms with E-state index in [1.807, 2.05) is 0 Å². The standard InChI is InChI=1S/C11H12FN3O2S2/c1-7-6-18-11(14-7)15-19(16,17)10-4-8(5-13)2-3-9(10)12/h2-4,6H,5,13H2,1H3,(H,14,15). The fourth-order valence-corrected chi connectivity index (χ4v) is 3.52. The molecule has 0 spiro atoms. The average Bonchev–Trinajstić information content (AvgIpc) is 2.74. The van der Waals surface area contributed by atoms with Gasteiger partial charge in [-0.05, 0) is 24.6 Å². The Balaban J connectivity index is 2.39. The third kappa shape index (κ3) is 3.09. The molecule has 0 saturated heterocycles. The molecule has 5 nitrogen and oxygen atoms in total. The Morgan fingerprint density at radius 3 is 2.79 bits per heavy atom. The maximum atomic E-state index is 13.6. The Labute approximate surface area is 114 Å². The lowest BCUT2D eigenvalue weighted by molar-refractivity contribution is 0.569. The van der Waals surface area contributed by atoms with E-state index in [1.54, 1.807) is 12.3 Å². The van der Waals surface area contributed by atoms with Crippen LogP contribution in [0.4, 0.5) is 9.52 Å². The van der Waals surface area contributed by atoms with Crippen molar-refractivity contribution in [3.8, 4) is 0 Å². The lowest BCUT2D eigenvalue weighted by atomic mass is 10.2. The zero-order valence-corrected chi connectivity index (χ0v) is 11.7. The Kier molecular flexibility index (Phi) is 3.83. The quantitative estimate of drug-likeness (QED) is 0.902. The molecule has 3 N–H and O–H groups in total. The van der Waals surface area contributed by atoms with E-state index >= 15 is 0 Å². The van der Waals surface area contributed by atoms with Gasteiger partial charge in [0.15, 0.2) is 5.13 Å². The lowest BCUT2D eigenvalue weighted by Gasteiger charge is -2.07. The van der Waals surface area contributed by atoms with Gasteiger partial charge in [0.25, 0.3) is 10.0 Å². The number of anilines is 1.